The molecule has 8 heteroatoms. The first-order chi connectivity index (χ1) is 8.40. The number of carboxylic acid groups (broad SMARTS) is 2. The van der Waals surface area contributed by atoms with Gasteiger partial charge < -0.3 is 15.9 Å². The van der Waals surface area contributed by atoms with Crippen molar-refractivity contribution < 1.29 is 19.8 Å². The molecule has 0 amide bonds. The zero-order chi connectivity index (χ0) is 13.7. The number of hydrogen-bond donors (Lipinski definition) is 3. The molecule has 18 heavy (non-hydrogen) atoms. The maximum absolute atomic E-state index is 11.0. The highest BCUT2D eigenvalue weighted by molar-refractivity contribution is 5.73. The number of carbonyl (C=O) groups is 2. The summed E-state index contributed by atoms with van der Waals surface area (Å²) in [5.41, 5.74) is 6.19. The highest BCUT2D eigenvalue weighted by Crippen LogP contribution is 2.13. The van der Waals surface area contributed by atoms with E-state index in [4.69, 9.17) is 15.9 Å². The Bertz CT molecular complexity index is 429. The predicted molar refractivity (Wildman–Crippen MR) is 60.9 cm³/mol. The predicted octanol–water partition coefficient (Wildman–Crippen LogP) is -0.342. The van der Waals surface area contributed by atoms with Crippen LogP contribution in [0, 0.1) is 0 Å². The number of hydrogen-bond acceptors (Lipinski definition) is 5. The Hall–Kier alpha value is -1.96. The molecule has 0 saturated carbocycles. The van der Waals surface area contributed by atoms with Gasteiger partial charge in [-0.25, -0.2) is 9.48 Å². The van der Waals surface area contributed by atoms with Crippen molar-refractivity contribution in [3.05, 3.63) is 11.9 Å². The van der Waals surface area contributed by atoms with Gasteiger partial charge in [-0.3, -0.25) is 4.79 Å². The summed E-state index contributed by atoms with van der Waals surface area (Å²) in [6.45, 7) is 1.80. The fraction of sp³-hybridized carbons (Fsp3) is 0.600. The Labute approximate surface area is 103 Å². The van der Waals surface area contributed by atoms with E-state index in [1.54, 1.807) is 6.92 Å². The third kappa shape index (κ3) is 4.13. The van der Waals surface area contributed by atoms with Crippen molar-refractivity contribution in [1.82, 2.24) is 15.0 Å². The molecule has 1 aromatic rings. The molecule has 2 atom stereocenters. The number of rotatable bonds is 7. The van der Waals surface area contributed by atoms with Crippen LogP contribution in [0.5, 0.6) is 0 Å². The molecule has 0 fully saturated rings. The van der Waals surface area contributed by atoms with Gasteiger partial charge in [-0.15, -0.1) is 5.10 Å². The zero-order valence-electron chi connectivity index (χ0n) is 9.98. The molecule has 0 saturated heterocycles. The van der Waals surface area contributed by atoms with E-state index in [0.717, 1.165) is 0 Å². The molecule has 8 nitrogen and oxygen atoms in total. The van der Waals surface area contributed by atoms with Crippen molar-refractivity contribution >= 4 is 11.9 Å². The number of nitrogens with two attached hydrogens (primary N) is 1. The summed E-state index contributed by atoms with van der Waals surface area (Å²) >= 11 is 0. The van der Waals surface area contributed by atoms with Crippen LogP contribution in [0.15, 0.2) is 6.20 Å². The van der Waals surface area contributed by atoms with Gasteiger partial charge in [0.05, 0.1) is 5.69 Å². The smallest absolute Gasteiger partial charge is 0.328 e. The molecule has 0 aliphatic rings. The molecular weight excluding hydrogens is 240 g/mol. The van der Waals surface area contributed by atoms with Crippen molar-refractivity contribution in [2.24, 2.45) is 5.73 Å². The molecule has 4 N–H and O–H groups in total. The van der Waals surface area contributed by atoms with Crippen LogP contribution in [0.4, 0.5) is 0 Å². The number of nitrogens with zero attached hydrogens (tertiary/aromatic N) is 3. The minimum atomic E-state index is -1.13. The second-order valence-corrected chi connectivity index (χ2v) is 4.16. The Morgan fingerprint density at radius 1 is 1.50 bits per heavy atom. The molecule has 0 aliphatic carbocycles. The third-order valence-corrected chi connectivity index (χ3v) is 2.32. The van der Waals surface area contributed by atoms with E-state index in [0.29, 0.717) is 12.1 Å². The van der Waals surface area contributed by atoms with Crippen molar-refractivity contribution in [2.75, 3.05) is 0 Å². The summed E-state index contributed by atoms with van der Waals surface area (Å²) in [4.78, 5) is 21.5. The van der Waals surface area contributed by atoms with Crippen LogP contribution in [-0.4, -0.2) is 43.2 Å². The van der Waals surface area contributed by atoms with Crippen LogP contribution in [0.2, 0.25) is 0 Å². The molecule has 1 aromatic heterocycles. The van der Waals surface area contributed by atoms with Crippen LogP contribution in [-0.2, 0) is 16.0 Å². The first-order valence-electron chi connectivity index (χ1n) is 5.51. The second kappa shape index (κ2) is 6.10. The summed E-state index contributed by atoms with van der Waals surface area (Å²) in [6, 6.07) is -1.12. The summed E-state index contributed by atoms with van der Waals surface area (Å²) in [5, 5.41) is 25.1. The van der Waals surface area contributed by atoms with E-state index < -0.39 is 18.0 Å². The zero-order valence-corrected chi connectivity index (χ0v) is 9.98. The van der Waals surface area contributed by atoms with Crippen LogP contribution < -0.4 is 5.73 Å². The molecule has 2 unspecified atom stereocenters. The Kier molecular flexibility index (Phi) is 4.78. The molecule has 0 spiro atoms. The number of aromatic nitrogens is 3. The van der Waals surface area contributed by atoms with E-state index >= 15 is 0 Å². The third-order valence-electron chi connectivity index (χ3n) is 2.32. The van der Waals surface area contributed by atoms with Gasteiger partial charge in [0.15, 0.2) is 6.04 Å². The molecule has 0 bridgehead atoms. The Balaban J connectivity index is 2.76. The maximum atomic E-state index is 11.0. The van der Waals surface area contributed by atoms with Gasteiger partial charge in [-0.2, -0.15) is 0 Å². The van der Waals surface area contributed by atoms with E-state index in [2.05, 4.69) is 10.3 Å². The average molecular weight is 256 g/mol. The van der Waals surface area contributed by atoms with Gasteiger partial charge in [-0.1, -0.05) is 5.21 Å². The SMILES string of the molecule is CC(N)Cc1cn(C(CCC(=O)O)C(=O)O)nn1. The average Bonchev–Trinajstić information content (AvgIpc) is 2.64. The van der Waals surface area contributed by atoms with Crippen molar-refractivity contribution in [1.29, 1.82) is 0 Å². The molecule has 0 aliphatic heterocycles. The summed E-state index contributed by atoms with van der Waals surface area (Å²) < 4.78 is 1.17. The highest BCUT2D eigenvalue weighted by Gasteiger charge is 2.22. The quantitative estimate of drug-likeness (QED) is 0.608. The summed E-state index contributed by atoms with van der Waals surface area (Å²) in [5.74, 6) is -2.18. The maximum Gasteiger partial charge on any atom is 0.328 e. The van der Waals surface area contributed by atoms with Gasteiger partial charge in [0.1, 0.15) is 0 Å². The van der Waals surface area contributed by atoms with Gasteiger partial charge in [0, 0.05) is 25.1 Å². The van der Waals surface area contributed by atoms with Gasteiger partial charge in [0.25, 0.3) is 0 Å². The first kappa shape index (κ1) is 14.1. The van der Waals surface area contributed by atoms with Crippen LogP contribution in [0.25, 0.3) is 0 Å². The fourth-order valence-electron chi connectivity index (χ4n) is 1.52. The molecule has 1 rings (SSSR count). The van der Waals surface area contributed by atoms with Crippen molar-refractivity contribution in [3.8, 4) is 0 Å². The van der Waals surface area contributed by atoms with E-state index in [1.807, 2.05) is 0 Å². The van der Waals surface area contributed by atoms with Gasteiger partial charge >= 0.3 is 11.9 Å². The van der Waals surface area contributed by atoms with Crippen molar-refractivity contribution in [3.63, 3.8) is 0 Å². The van der Waals surface area contributed by atoms with Gasteiger partial charge in [-0.05, 0) is 13.3 Å². The minimum Gasteiger partial charge on any atom is -0.481 e. The van der Waals surface area contributed by atoms with Crippen LogP contribution >= 0.6 is 0 Å². The van der Waals surface area contributed by atoms with E-state index in [1.165, 1.54) is 10.9 Å². The van der Waals surface area contributed by atoms with E-state index in [9.17, 15) is 9.59 Å². The Morgan fingerprint density at radius 3 is 2.67 bits per heavy atom. The van der Waals surface area contributed by atoms with Gasteiger partial charge in [0.2, 0.25) is 0 Å². The standard InChI is InChI=1S/C10H16N4O4/c1-6(11)4-7-5-14(13-12-7)8(10(17)18)2-3-9(15)16/h5-6,8H,2-4,11H2,1H3,(H,15,16)(H,17,18). The second-order valence-electron chi connectivity index (χ2n) is 4.16. The lowest BCUT2D eigenvalue weighted by atomic mass is 10.1. The summed E-state index contributed by atoms with van der Waals surface area (Å²) in [7, 11) is 0. The molecule has 0 radical (unpaired) electrons. The molecule has 100 valence electrons. The fourth-order valence-corrected chi connectivity index (χ4v) is 1.52. The Morgan fingerprint density at radius 2 is 2.17 bits per heavy atom. The van der Waals surface area contributed by atoms with Crippen LogP contribution in [0.1, 0.15) is 31.5 Å². The lowest BCUT2D eigenvalue weighted by Gasteiger charge is -2.10. The molecule has 0 aromatic carbocycles. The normalized spacial score (nSPS) is 14.1. The van der Waals surface area contributed by atoms with Crippen LogP contribution in [0.3, 0.4) is 0 Å². The van der Waals surface area contributed by atoms with Crippen molar-refractivity contribution in [2.45, 2.75) is 38.3 Å². The largest absolute Gasteiger partial charge is 0.481 e. The molecule has 1 heterocycles. The molecular formula is C10H16N4O4. The highest BCUT2D eigenvalue weighted by atomic mass is 16.4. The first-order valence-corrected chi connectivity index (χ1v) is 5.51. The number of aliphatic carboxylic acids is 2. The number of carboxylic acids is 2. The lowest BCUT2D eigenvalue weighted by molar-refractivity contribution is -0.142. The lowest BCUT2D eigenvalue weighted by Crippen LogP contribution is -2.21. The summed E-state index contributed by atoms with van der Waals surface area (Å²) in [6.07, 6.45) is 1.71. The topological polar surface area (TPSA) is 131 Å². The minimum absolute atomic E-state index is 0.0361. The van der Waals surface area contributed by atoms with E-state index in [-0.39, 0.29) is 18.9 Å². The monoisotopic (exact) mass is 256 g/mol.